The van der Waals surface area contributed by atoms with Gasteiger partial charge in [-0.2, -0.15) is 0 Å². The zero-order valence-corrected chi connectivity index (χ0v) is 16.8. The molecule has 1 rings (SSSR count). The van der Waals surface area contributed by atoms with E-state index >= 15 is 0 Å². The van der Waals surface area contributed by atoms with Crippen molar-refractivity contribution in [3.05, 3.63) is 30.3 Å². The van der Waals surface area contributed by atoms with Crippen LogP contribution in [0.1, 0.15) is 60.3 Å². The number of carboxylic acids is 1. The van der Waals surface area contributed by atoms with E-state index in [1.165, 1.54) is 0 Å². The van der Waals surface area contributed by atoms with Crippen LogP contribution in [0.25, 0.3) is 0 Å². The SMILES string of the molecule is C[C@@H](CCCCNC(=O)Nc1ccccc1)C(C)(C)CC(C)(C)C(=O)O. The summed E-state index contributed by atoms with van der Waals surface area (Å²) >= 11 is 0. The Kier molecular flexibility index (Phi) is 8.12. The highest BCUT2D eigenvalue weighted by Gasteiger charge is 2.37. The van der Waals surface area contributed by atoms with Gasteiger partial charge in [0.2, 0.25) is 0 Å². The summed E-state index contributed by atoms with van der Waals surface area (Å²) in [6.07, 6.45) is 3.58. The predicted molar refractivity (Wildman–Crippen MR) is 106 cm³/mol. The Morgan fingerprint density at radius 3 is 2.27 bits per heavy atom. The van der Waals surface area contributed by atoms with E-state index in [9.17, 15) is 14.7 Å². The monoisotopic (exact) mass is 362 g/mol. The average molecular weight is 363 g/mol. The van der Waals surface area contributed by atoms with Crippen molar-refractivity contribution in [2.45, 2.75) is 60.3 Å². The van der Waals surface area contributed by atoms with Crippen LogP contribution in [-0.2, 0) is 4.79 Å². The number of para-hydroxylation sites is 1. The van der Waals surface area contributed by atoms with Gasteiger partial charge in [-0.25, -0.2) is 4.79 Å². The summed E-state index contributed by atoms with van der Waals surface area (Å²) in [5, 5.41) is 15.0. The molecule has 5 heteroatoms. The largest absolute Gasteiger partial charge is 0.481 e. The summed E-state index contributed by atoms with van der Waals surface area (Å²) in [4.78, 5) is 23.2. The van der Waals surface area contributed by atoms with Crippen LogP contribution >= 0.6 is 0 Å². The lowest BCUT2D eigenvalue weighted by molar-refractivity contribution is -0.149. The third-order valence-electron chi connectivity index (χ3n) is 5.19. The fourth-order valence-electron chi connectivity index (χ4n) is 3.25. The van der Waals surface area contributed by atoms with Crippen molar-refractivity contribution in [3.8, 4) is 0 Å². The van der Waals surface area contributed by atoms with Crippen LogP contribution in [-0.4, -0.2) is 23.7 Å². The number of hydrogen-bond acceptors (Lipinski definition) is 2. The maximum absolute atomic E-state index is 11.8. The topological polar surface area (TPSA) is 78.4 Å². The normalized spacial score (nSPS) is 13.1. The molecule has 0 radical (unpaired) electrons. The summed E-state index contributed by atoms with van der Waals surface area (Å²) in [7, 11) is 0. The van der Waals surface area contributed by atoms with E-state index < -0.39 is 11.4 Å². The third-order valence-corrected chi connectivity index (χ3v) is 5.19. The second-order valence-electron chi connectivity index (χ2n) is 8.50. The highest BCUT2D eigenvalue weighted by Crippen LogP contribution is 2.41. The summed E-state index contributed by atoms with van der Waals surface area (Å²) in [5.41, 5.74) is 0.0240. The van der Waals surface area contributed by atoms with E-state index in [1.807, 2.05) is 30.3 Å². The first-order valence-corrected chi connectivity index (χ1v) is 9.38. The van der Waals surface area contributed by atoms with Crippen molar-refractivity contribution >= 4 is 17.7 Å². The number of benzene rings is 1. The van der Waals surface area contributed by atoms with Crippen LogP contribution in [0.3, 0.4) is 0 Å². The van der Waals surface area contributed by atoms with Crippen LogP contribution in [0.5, 0.6) is 0 Å². The number of carbonyl (C=O) groups excluding carboxylic acids is 1. The number of nitrogens with one attached hydrogen (secondary N) is 2. The van der Waals surface area contributed by atoms with Gasteiger partial charge in [0.1, 0.15) is 0 Å². The quantitative estimate of drug-likeness (QED) is 0.504. The summed E-state index contributed by atoms with van der Waals surface area (Å²) in [5.74, 6) is -0.328. The number of urea groups is 1. The first-order chi connectivity index (χ1) is 12.0. The molecule has 1 aromatic carbocycles. The van der Waals surface area contributed by atoms with E-state index in [2.05, 4.69) is 31.4 Å². The summed E-state index contributed by atoms with van der Waals surface area (Å²) < 4.78 is 0. The van der Waals surface area contributed by atoms with Crippen molar-refractivity contribution in [3.63, 3.8) is 0 Å². The van der Waals surface area contributed by atoms with E-state index in [-0.39, 0.29) is 11.4 Å². The molecule has 1 aromatic rings. The number of anilines is 1. The molecule has 0 saturated heterocycles. The van der Waals surface area contributed by atoms with E-state index in [4.69, 9.17) is 0 Å². The van der Waals surface area contributed by atoms with Gasteiger partial charge < -0.3 is 15.7 Å². The molecule has 0 unspecified atom stereocenters. The Hall–Kier alpha value is -2.04. The highest BCUT2D eigenvalue weighted by molar-refractivity contribution is 5.89. The predicted octanol–water partition coefficient (Wildman–Crippen LogP) is 5.14. The summed E-state index contributed by atoms with van der Waals surface area (Å²) in [6.45, 7) is 10.7. The molecule has 0 fully saturated rings. The molecule has 0 bridgehead atoms. The number of rotatable bonds is 10. The number of aliphatic carboxylic acids is 1. The standard InChI is InChI=1S/C21H34N2O3/c1-16(20(2,3)15-21(4,5)18(24)25)11-9-10-14-22-19(26)23-17-12-7-6-8-13-17/h6-8,12-13,16H,9-11,14-15H2,1-5H3,(H,24,25)(H2,22,23,26)/t16-/m0/s1. The molecular weight excluding hydrogens is 328 g/mol. The lowest BCUT2D eigenvalue weighted by Gasteiger charge is -2.37. The lowest BCUT2D eigenvalue weighted by atomic mass is 9.67. The highest BCUT2D eigenvalue weighted by atomic mass is 16.4. The molecule has 26 heavy (non-hydrogen) atoms. The molecule has 1 atom stereocenters. The third kappa shape index (κ3) is 7.46. The van der Waals surface area contributed by atoms with Gasteiger partial charge in [-0.3, -0.25) is 4.79 Å². The lowest BCUT2D eigenvalue weighted by Crippen LogP contribution is -2.34. The van der Waals surface area contributed by atoms with E-state index in [0.29, 0.717) is 18.9 Å². The molecule has 3 N–H and O–H groups in total. The average Bonchev–Trinajstić information content (AvgIpc) is 2.54. The van der Waals surface area contributed by atoms with Crippen molar-refractivity contribution in [2.24, 2.45) is 16.7 Å². The Morgan fingerprint density at radius 2 is 1.69 bits per heavy atom. The first-order valence-electron chi connectivity index (χ1n) is 9.38. The van der Waals surface area contributed by atoms with Crippen LogP contribution < -0.4 is 10.6 Å². The molecule has 0 aliphatic heterocycles. The number of carboxylic acid groups (broad SMARTS) is 1. The molecular formula is C21H34N2O3. The Balaban J connectivity index is 2.27. The number of amides is 2. The minimum atomic E-state index is -0.744. The zero-order chi connectivity index (χ0) is 19.8. The van der Waals surface area contributed by atoms with Gasteiger partial charge in [-0.15, -0.1) is 0 Å². The fraction of sp³-hybridized carbons (Fsp3) is 0.619. The smallest absolute Gasteiger partial charge is 0.319 e. The van der Waals surface area contributed by atoms with Gasteiger partial charge in [-0.05, 0) is 50.2 Å². The molecule has 146 valence electrons. The van der Waals surface area contributed by atoms with Gasteiger partial charge in [0.15, 0.2) is 0 Å². The molecule has 0 heterocycles. The fourth-order valence-corrected chi connectivity index (χ4v) is 3.25. The maximum Gasteiger partial charge on any atom is 0.319 e. The van der Waals surface area contributed by atoms with Crippen LogP contribution in [0.4, 0.5) is 10.5 Å². The van der Waals surface area contributed by atoms with Crippen LogP contribution in [0, 0.1) is 16.7 Å². The van der Waals surface area contributed by atoms with Gasteiger partial charge >= 0.3 is 12.0 Å². The minimum absolute atomic E-state index is 0.0417. The number of hydrogen-bond donors (Lipinski definition) is 3. The van der Waals surface area contributed by atoms with Gasteiger partial charge in [-0.1, -0.05) is 51.8 Å². The number of unbranched alkanes of at least 4 members (excludes halogenated alkanes) is 1. The molecule has 5 nitrogen and oxygen atoms in total. The van der Waals surface area contributed by atoms with Crippen LogP contribution in [0.15, 0.2) is 30.3 Å². The molecule has 0 saturated carbocycles. The van der Waals surface area contributed by atoms with Crippen molar-refractivity contribution in [2.75, 3.05) is 11.9 Å². The maximum atomic E-state index is 11.8. The Bertz CT molecular complexity index is 582. The van der Waals surface area contributed by atoms with Crippen molar-refractivity contribution < 1.29 is 14.7 Å². The van der Waals surface area contributed by atoms with E-state index in [1.54, 1.807) is 13.8 Å². The van der Waals surface area contributed by atoms with Crippen molar-refractivity contribution in [1.82, 2.24) is 5.32 Å². The minimum Gasteiger partial charge on any atom is -0.481 e. The Labute approximate surface area is 157 Å². The molecule has 2 amide bonds. The van der Waals surface area contributed by atoms with Gasteiger partial charge in [0.25, 0.3) is 0 Å². The Morgan fingerprint density at radius 1 is 1.08 bits per heavy atom. The van der Waals surface area contributed by atoms with Crippen LogP contribution in [0.2, 0.25) is 0 Å². The first kappa shape index (κ1) is 22.0. The zero-order valence-electron chi connectivity index (χ0n) is 16.8. The van der Waals surface area contributed by atoms with E-state index in [0.717, 1.165) is 24.9 Å². The molecule has 0 aromatic heterocycles. The number of carbonyl (C=O) groups is 2. The summed E-state index contributed by atoms with van der Waals surface area (Å²) in [6, 6.07) is 9.18. The molecule has 0 aliphatic rings. The molecule has 0 spiro atoms. The molecule has 0 aliphatic carbocycles. The second-order valence-corrected chi connectivity index (χ2v) is 8.50. The van der Waals surface area contributed by atoms with Gasteiger partial charge in [0, 0.05) is 12.2 Å². The second kappa shape index (κ2) is 9.60. The van der Waals surface area contributed by atoms with Crippen molar-refractivity contribution in [1.29, 1.82) is 0 Å². The van der Waals surface area contributed by atoms with Gasteiger partial charge in [0.05, 0.1) is 5.41 Å².